The number of nitrogens with two attached hydrogens (primary N) is 1. The summed E-state index contributed by atoms with van der Waals surface area (Å²) in [5.74, 6) is 0.684. The molecule has 0 aliphatic heterocycles. The quantitative estimate of drug-likeness (QED) is 0.818. The van der Waals surface area contributed by atoms with Crippen LogP contribution in [0.4, 0.5) is 5.82 Å². The van der Waals surface area contributed by atoms with Crippen LogP contribution in [0.15, 0.2) is 12.1 Å². The zero-order chi connectivity index (χ0) is 10.8. The van der Waals surface area contributed by atoms with Gasteiger partial charge in [0.15, 0.2) is 0 Å². The molecular weight excluding hydrogens is 214 g/mol. The van der Waals surface area contributed by atoms with Crippen molar-refractivity contribution in [3.8, 4) is 0 Å². The molecule has 0 radical (unpaired) electrons. The maximum absolute atomic E-state index is 11.6. The summed E-state index contributed by atoms with van der Waals surface area (Å²) < 4.78 is 0. The molecule has 1 aromatic heterocycles. The molecule has 1 aliphatic carbocycles. The Kier molecular flexibility index (Phi) is 2.77. The third kappa shape index (κ3) is 2.59. The van der Waals surface area contributed by atoms with Crippen LogP contribution in [0.2, 0.25) is 5.02 Å². The van der Waals surface area contributed by atoms with Crippen LogP contribution in [0.1, 0.15) is 23.3 Å². The van der Waals surface area contributed by atoms with Crippen molar-refractivity contribution in [1.29, 1.82) is 0 Å². The summed E-state index contributed by atoms with van der Waals surface area (Å²) in [4.78, 5) is 15.5. The van der Waals surface area contributed by atoms with Crippen LogP contribution >= 0.6 is 11.6 Å². The molecule has 1 aliphatic rings. The highest BCUT2D eigenvalue weighted by atomic mass is 35.5. The maximum Gasteiger partial charge on any atom is 0.271 e. The number of anilines is 1. The second-order valence-electron chi connectivity index (χ2n) is 3.72. The van der Waals surface area contributed by atoms with Crippen molar-refractivity contribution < 1.29 is 4.79 Å². The van der Waals surface area contributed by atoms with Crippen molar-refractivity contribution in [3.05, 3.63) is 22.8 Å². The number of nitrogen functional groups attached to an aromatic ring is 1. The van der Waals surface area contributed by atoms with Crippen molar-refractivity contribution in [1.82, 2.24) is 10.3 Å². The molecule has 1 saturated carbocycles. The molecular formula is C10H12ClN3O. The number of halogens is 1. The van der Waals surface area contributed by atoms with Crippen molar-refractivity contribution >= 4 is 23.3 Å². The number of pyridine rings is 1. The van der Waals surface area contributed by atoms with Gasteiger partial charge in [0.25, 0.3) is 5.91 Å². The Morgan fingerprint density at radius 3 is 3.00 bits per heavy atom. The summed E-state index contributed by atoms with van der Waals surface area (Å²) in [6, 6.07) is 3.15. The van der Waals surface area contributed by atoms with Crippen molar-refractivity contribution in [3.63, 3.8) is 0 Å². The van der Waals surface area contributed by atoms with Crippen LogP contribution < -0.4 is 11.1 Å². The molecule has 5 heteroatoms. The van der Waals surface area contributed by atoms with Gasteiger partial charge in [-0.15, -0.1) is 0 Å². The van der Waals surface area contributed by atoms with Gasteiger partial charge < -0.3 is 11.1 Å². The topological polar surface area (TPSA) is 68.0 Å². The first kappa shape index (κ1) is 10.2. The highest BCUT2D eigenvalue weighted by Gasteiger charge is 2.22. The molecule has 0 atom stereocenters. The van der Waals surface area contributed by atoms with Gasteiger partial charge in [0.2, 0.25) is 0 Å². The van der Waals surface area contributed by atoms with E-state index in [0.717, 1.165) is 0 Å². The van der Waals surface area contributed by atoms with Crippen LogP contribution in [-0.2, 0) is 0 Å². The third-order valence-electron chi connectivity index (χ3n) is 2.33. The van der Waals surface area contributed by atoms with Crippen LogP contribution in [0.3, 0.4) is 0 Å². The lowest BCUT2D eigenvalue weighted by molar-refractivity contribution is 0.0947. The van der Waals surface area contributed by atoms with E-state index in [0.29, 0.717) is 23.3 Å². The highest BCUT2D eigenvalue weighted by molar-refractivity contribution is 6.33. The van der Waals surface area contributed by atoms with Gasteiger partial charge in [0.1, 0.15) is 11.5 Å². The summed E-state index contributed by atoms with van der Waals surface area (Å²) in [7, 11) is 0. The van der Waals surface area contributed by atoms with Gasteiger partial charge in [-0.2, -0.15) is 0 Å². The fraction of sp³-hybridized carbons (Fsp3) is 0.400. The van der Waals surface area contributed by atoms with Crippen molar-refractivity contribution in [2.45, 2.75) is 12.8 Å². The van der Waals surface area contributed by atoms with E-state index in [9.17, 15) is 4.79 Å². The molecule has 2 rings (SSSR count). The molecule has 3 N–H and O–H groups in total. The zero-order valence-corrected chi connectivity index (χ0v) is 8.92. The molecule has 1 aromatic rings. The molecule has 0 saturated heterocycles. The normalized spacial score (nSPS) is 15.0. The van der Waals surface area contributed by atoms with E-state index in [1.165, 1.54) is 12.8 Å². The number of nitrogens with one attached hydrogen (secondary N) is 1. The number of hydrogen-bond donors (Lipinski definition) is 2. The van der Waals surface area contributed by atoms with Crippen LogP contribution in [-0.4, -0.2) is 17.4 Å². The predicted octanol–water partition coefficient (Wildman–Crippen LogP) is 1.46. The lowest BCUT2D eigenvalue weighted by Crippen LogP contribution is -2.26. The number of rotatable bonds is 3. The summed E-state index contributed by atoms with van der Waals surface area (Å²) >= 11 is 5.84. The highest BCUT2D eigenvalue weighted by Crippen LogP contribution is 2.27. The fourth-order valence-corrected chi connectivity index (χ4v) is 1.45. The van der Waals surface area contributed by atoms with E-state index in [1.807, 2.05) is 0 Å². The van der Waals surface area contributed by atoms with E-state index in [4.69, 9.17) is 17.3 Å². The standard InChI is InChI=1S/C10H12ClN3O/c11-7-3-4-8(12)14-9(7)10(15)13-5-6-1-2-6/h3-4,6H,1-2,5H2,(H2,12,14)(H,13,15). The first-order valence-electron chi connectivity index (χ1n) is 4.87. The summed E-state index contributed by atoms with van der Waals surface area (Å²) in [6.45, 7) is 0.700. The first-order valence-corrected chi connectivity index (χ1v) is 5.25. The van der Waals surface area contributed by atoms with Gasteiger partial charge >= 0.3 is 0 Å². The number of nitrogens with zero attached hydrogens (tertiary/aromatic N) is 1. The van der Waals surface area contributed by atoms with Gasteiger partial charge in [0.05, 0.1) is 5.02 Å². The number of carbonyl (C=O) groups is 1. The number of carbonyl (C=O) groups excluding carboxylic acids is 1. The van der Waals surface area contributed by atoms with E-state index in [-0.39, 0.29) is 11.6 Å². The summed E-state index contributed by atoms with van der Waals surface area (Å²) in [6.07, 6.45) is 2.39. The van der Waals surface area contributed by atoms with Gasteiger partial charge in [-0.25, -0.2) is 4.98 Å². The average Bonchev–Trinajstić information content (AvgIpc) is 3.02. The minimum atomic E-state index is -0.251. The minimum Gasteiger partial charge on any atom is -0.384 e. The van der Waals surface area contributed by atoms with Gasteiger partial charge in [-0.05, 0) is 30.9 Å². The zero-order valence-electron chi connectivity index (χ0n) is 8.16. The van der Waals surface area contributed by atoms with Gasteiger partial charge in [0, 0.05) is 6.54 Å². The van der Waals surface area contributed by atoms with Crippen molar-refractivity contribution in [2.75, 3.05) is 12.3 Å². The lowest BCUT2D eigenvalue weighted by Gasteiger charge is -2.05. The average molecular weight is 226 g/mol. The Morgan fingerprint density at radius 2 is 2.33 bits per heavy atom. The molecule has 80 valence electrons. The SMILES string of the molecule is Nc1ccc(Cl)c(C(=O)NCC2CC2)n1. The lowest BCUT2D eigenvalue weighted by atomic mass is 10.3. The number of hydrogen-bond acceptors (Lipinski definition) is 3. The molecule has 0 bridgehead atoms. The van der Waals surface area contributed by atoms with E-state index in [1.54, 1.807) is 12.1 Å². The van der Waals surface area contributed by atoms with Crippen molar-refractivity contribution in [2.24, 2.45) is 5.92 Å². The van der Waals surface area contributed by atoms with Gasteiger partial charge in [-0.3, -0.25) is 4.79 Å². The molecule has 0 aromatic carbocycles. The predicted molar refractivity (Wildman–Crippen MR) is 58.7 cm³/mol. The van der Waals surface area contributed by atoms with E-state index in [2.05, 4.69) is 10.3 Å². The van der Waals surface area contributed by atoms with Crippen LogP contribution in [0, 0.1) is 5.92 Å². The monoisotopic (exact) mass is 225 g/mol. The fourth-order valence-electron chi connectivity index (χ4n) is 1.26. The molecule has 1 amide bonds. The molecule has 1 heterocycles. The molecule has 4 nitrogen and oxygen atoms in total. The largest absolute Gasteiger partial charge is 0.384 e. The third-order valence-corrected chi connectivity index (χ3v) is 2.64. The maximum atomic E-state index is 11.6. The van der Waals surface area contributed by atoms with E-state index < -0.39 is 0 Å². The Labute approximate surface area is 92.8 Å². The molecule has 0 spiro atoms. The molecule has 1 fully saturated rings. The number of amides is 1. The van der Waals surface area contributed by atoms with Crippen LogP contribution in [0.25, 0.3) is 0 Å². The Bertz CT molecular complexity index is 390. The smallest absolute Gasteiger partial charge is 0.271 e. The summed E-state index contributed by atoms with van der Waals surface area (Å²) in [5, 5.41) is 3.12. The van der Waals surface area contributed by atoms with E-state index >= 15 is 0 Å². The second kappa shape index (κ2) is 4.06. The number of aromatic nitrogens is 1. The minimum absolute atomic E-state index is 0.206. The second-order valence-corrected chi connectivity index (χ2v) is 4.13. The molecule has 0 unspecified atom stereocenters. The Balaban J connectivity index is 2.05. The first-order chi connectivity index (χ1) is 7.16. The Hall–Kier alpha value is -1.29. The van der Waals surface area contributed by atoms with Gasteiger partial charge in [-0.1, -0.05) is 11.6 Å². The van der Waals surface area contributed by atoms with Crippen LogP contribution in [0.5, 0.6) is 0 Å². The Morgan fingerprint density at radius 1 is 1.60 bits per heavy atom. The summed E-state index contributed by atoms with van der Waals surface area (Å²) in [5.41, 5.74) is 5.69. The molecule has 15 heavy (non-hydrogen) atoms.